The first-order valence-electron chi connectivity index (χ1n) is 7.68. The molecule has 2 heteroatoms. The summed E-state index contributed by atoms with van der Waals surface area (Å²) >= 11 is 0. The van der Waals surface area contributed by atoms with Crippen LogP contribution in [0.5, 0.6) is 0 Å². The molecule has 0 spiro atoms. The van der Waals surface area contributed by atoms with Crippen molar-refractivity contribution in [3.05, 3.63) is 71.8 Å². The lowest BCUT2D eigenvalue weighted by molar-refractivity contribution is 0.154. The van der Waals surface area contributed by atoms with Crippen LogP contribution in [0.25, 0.3) is 0 Å². The Morgan fingerprint density at radius 2 is 1.33 bits per heavy atom. The van der Waals surface area contributed by atoms with Gasteiger partial charge in [-0.25, -0.2) is 0 Å². The molecular weight excluding hydrogens is 258 g/mol. The van der Waals surface area contributed by atoms with E-state index >= 15 is 0 Å². The van der Waals surface area contributed by atoms with Gasteiger partial charge in [0, 0.05) is 18.5 Å². The largest absolute Gasteiger partial charge is 0.392 e. The minimum atomic E-state index is -0.349. The van der Waals surface area contributed by atoms with Gasteiger partial charge in [0.1, 0.15) is 0 Å². The SMILES string of the molecule is CC(C)NCC(O)CC(c1ccccc1)c1ccccc1. The van der Waals surface area contributed by atoms with Crippen molar-refractivity contribution in [1.29, 1.82) is 0 Å². The van der Waals surface area contributed by atoms with E-state index in [1.54, 1.807) is 0 Å². The molecular formula is C19H25NO. The summed E-state index contributed by atoms with van der Waals surface area (Å²) in [5.74, 6) is 0.233. The van der Waals surface area contributed by atoms with Crippen molar-refractivity contribution < 1.29 is 5.11 Å². The van der Waals surface area contributed by atoms with Crippen molar-refractivity contribution >= 4 is 0 Å². The van der Waals surface area contributed by atoms with Crippen molar-refractivity contribution in [3.63, 3.8) is 0 Å². The van der Waals surface area contributed by atoms with E-state index in [4.69, 9.17) is 0 Å². The fourth-order valence-corrected chi connectivity index (χ4v) is 2.56. The quantitative estimate of drug-likeness (QED) is 0.814. The summed E-state index contributed by atoms with van der Waals surface area (Å²) in [6.07, 6.45) is 0.381. The third kappa shape index (κ3) is 5.00. The summed E-state index contributed by atoms with van der Waals surface area (Å²) in [5.41, 5.74) is 2.51. The molecule has 1 atom stereocenters. The third-order valence-corrected chi connectivity index (χ3v) is 3.67. The molecule has 21 heavy (non-hydrogen) atoms. The van der Waals surface area contributed by atoms with Crippen LogP contribution in [0.2, 0.25) is 0 Å². The Hall–Kier alpha value is -1.64. The minimum Gasteiger partial charge on any atom is -0.392 e. The molecule has 0 bridgehead atoms. The summed E-state index contributed by atoms with van der Waals surface area (Å²) < 4.78 is 0. The Balaban J connectivity index is 2.13. The van der Waals surface area contributed by atoms with Gasteiger partial charge in [-0.2, -0.15) is 0 Å². The molecule has 2 nitrogen and oxygen atoms in total. The molecule has 0 saturated carbocycles. The predicted molar refractivity (Wildman–Crippen MR) is 88.5 cm³/mol. The second kappa shape index (κ2) is 7.96. The number of hydrogen-bond acceptors (Lipinski definition) is 2. The molecule has 0 aliphatic carbocycles. The molecule has 112 valence electrons. The van der Waals surface area contributed by atoms with Crippen molar-refractivity contribution in [1.82, 2.24) is 5.32 Å². The second-order valence-corrected chi connectivity index (χ2v) is 5.83. The molecule has 0 fully saturated rings. The van der Waals surface area contributed by atoms with E-state index in [2.05, 4.69) is 67.7 Å². The van der Waals surface area contributed by atoms with Gasteiger partial charge in [-0.3, -0.25) is 0 Å². The van der Waals surface area contributed by atoms with Crippen LogP contribution >= 0.6 is 0 Å². The van der Waals surface area contributed by atoms with Crippen molar-refractivity contribution in [2.24, 2.45) is 0 Å². The number of rotatable bonds is 7. The van der Waals surface area contributed by atoms with Crippen LogP contribution in [-0.4, -0.2) is 23.8 Å². The predicted octanol–water partition coefficient (Wildman–Crippen LogP) is 3.57. The number of benzene rings is 2. The number of hydrogen-bond donors (Lipinski definition) is 2. The van der Waals surface area contributed by atoms with E-state index in [1.807, 2.05) is 12.1 Å². The number of aliphatic hydroxyl groups excluding tert-OH is 1. The van der Waals surface area contributed by atoms with Crippen LogP contribution in [0.1, 0.15) is 37.3 Å². The molecule has 2 rings (SSSR count). The molecule has 0 radical (unpaired) electrons. The van der Waals surface area contributed by atoms with Crippen molar-refractivity contribution in [2.45, 2.75) is 38.3 Å². The Labute approximate surface area is 127 Å². The summed E-state index contributed by atoms with van der Waals surface area (Å²) in [7, 11) is 0. The number of nitrogens with one attached hydrogen (secondary N) is 1. The van der Waals surface area contributed by atoms with Gasteiger partial charge in [0.15, 0.2) is 0 Å². The van der Waals surface area contributed by atoms with E-state index in [-0.39, 0.29) is 12.0 Å². The van der Waals surface area contributed by atoms with Crippen LogP contribution < -0.4 is 5.32 Å². The monoisotopic (exact) mass is 283 g/mol. The average Bonchev–Trinajstić information content (AvgIpc) is 2.52. The molecule has 2 aromatic carbocycles. The molecule has 0 aliphatic rings. The summed E-state index contributed by atoms with van der Waals surface area (Å²) in [6, 6.07) is 21.2. The zero-order chi connectivity index (χ0) is 15.1. The highest BCUT2D eigenvalue weighted by Crippen LogP contribution is 2.28. The van der Waals surface area contributed by atoms with E-state index in [0.717, 1.165) is 6.42 Å². The molecule has 0 aliphatic heterocycles. The lowest BCUT2D eigenvalue weighted by atomic mass is 9.86. The normalized spacial score (nSPS) is 12.8. The lowest BCUT2D eigenvalue weighted by Crippen LogP contribution is -2.32. The highest BCUT2D eigenvalue weighted by molar-refractivity contribution is 5.32. The van der Waals surface area contributed by atoms with E-state index in [1.165, 1.54) is 11.1 Å². The molecule has 1 unspecified atom stereocenters. The van der Waals surface area contributed by atoms with Crippen LogP contribution in [0.3, 0.4) is 0 Å². The third-order valence-electron chi connectivity index (χ3n) is 3.67. The van der Waals surface area contributed by atoms with Crippen molar-refractivity contribution in [3.8, 4) is 0 Å². The zero-order valence-corrected chi connectivity index (χ0v) is 12.9. The van der Waals surface area contributed by atoms with Gasteiger partial charge in [-0.05, 0) is 17.5 Å². The maximum atomic E-state index is 10.3. The highest BCUT2D eigenvalue weighted by atomic mass is 16.3. The molecule has 0 aromatic heterocycles. The van der Waals surface area contributed by atoms with E-state index in [9.17, 15) is 5.11 Å². The molecule has 0 heterocycles. The summed E-state index contributed by atoms with van der Waals surface area (Å²) in [4.78, 5) is 0. The fraction of sp³-hybridized carbons (Fsp3) is 0.368. The Kier molecular flexibility index (Phi) is 5.97. The van der Waals surface area contributed by atoms with Gasteiger partial charge in [0.25, 0.3) is 0 Å². The first-order valence-corrected chi connectivity index (χ1v) is 7.68. The molecule has 0 amide bonds. The van der Waals surface area contributed by atoms with Gasteiger partial charge in [0.2, 0.25) is 0 Å². The highest BCUT2D eigenvalue weighted by Gasteiger charge is 2.18. The summed E-state index contributed by atoms with van der Waals surface area (Å²) in [5, 5.41) is 13.6. The van der Waals surface area contributed by atoms with Crippen LogP contribution in [0, 0.1) is 0 Å². The average molecular weight is 283 g/mol. The van der Waals surface area contributed by atoms with E-state index in [0.29, 0.717) is 12.6 Å². The van der Waals surface area contributed by atoms with Gasteiger partial charge < -0.3 is 10.4 Å². The van der Waals surface area contributed by atoms with E-state index < -0.39 is 0 Å². The molecule has 0 saturated heterocycles. The summed E-state index contributed by atoms with van der Waals surface area (Å²) in [6.45, 7) is 4.82. The van der Waals surface area contributed by atoms with Crippen LogP contribution in [-0.2, 0) is 0 Å². The second-order valence-electron chi connectivity index (χ2n) is 5.83. The molecule has 2 N–H and O–H groups in total. The van der Waals surface area contributed by atoms with Crippen molar-refractivity contribution in [2.75, 3.05) is 6.54 Å². The number of aliphatic hydroxyl groups is 1. The Bertz CT molecular complexity index is 470. The van der Waals surface area contributed by atoms with Gasteiger partial charge >= 0.3 is 0 Å². The zero-order valence-electron chi connectivity index (χ0n) is 12.9. The standard InChI is InChI=1S/C19H25NO/c1-15(2)20-14-18(21)13-19(16-9-5-3-6-10-16)17-11-7-4-8-12-17/h3-12,15,18-21H,13-14H2,1-2H3. The Morgan fingerprint density at radius 3 is 1.76 bits per heavy atom. The first-order chi connectivity index (χ1) is 10.2. The smallest absolute Gasteiger partial charge is 0.0673 e. The van der Waals surface area contributed by atoms with Gasteiger partial charge in [-0.15, -0.1) is 0 Å². The van der Waals surface area contributed by atoms with Gasteiger partial charge in [0.05, 0.1) is 6.10 Å². The first kappa shape index (κ1) is 15.7. The lowest BCUT2D eigenvalue weighted by Gasteiger charge is -2.22. The topological polar surface area (TPSA) is 32.3 Å². The molecule has 2 aromatic rings. The maximum absolute atomic E-state index is 10.3. The van der Waals surface area contributed by atoms with Crippen LogP contribution in [0.4, 0.5) is 0 Å². The fourth-order valence-electron chi connectivity index (χ4n) is 2.56. The maximum Gasteiger partial charge on any atom is 0.0673 e. The van der Waals surface area contributed by atoms with Crippen LogP contribution in [0.15, 0.2) is 60.7 Å². The Morgan fingerprint density at radius 1 is 0.857 bits per heavy atom. The van der Waals surface area contributed by atoms with Gasteiger partial charge in [-0.1, -0.05) is 74.5 Å². The minimum absolute atomic E-state index is 0.233.